The first-order valence-corrected chi connectivity index (χ1v) is 7.60. The minimum Gasteiger partial charge on any atom is -0.314 e. The van der Waals surface area contributed by atoms with Crippen LogP contribution in [0, 0.1) is 12.8 Å². The number of likely N-dealkylation sites (tertiary alicyclic amines) is 1. The predicted molar refractivity (Wildman–Crippen MR) is 78.1 cm³/mol. The highest BCUT2D eigenvalue weighted by Gasteiger charge is 2.32. The van der Waals surface area contributed by atoms with E-state index in [9.17, 15) is 0 Å². The summed E-state index contributed by atoms with van der Waals surface area (Å²) in [6, 6.07) is 3.49. The van der Waals surface area contributed by atoms with Crippen molar-refractivity contribution in [3.05, 3.63) is 29.6 Å². The Hall–Kier alpha value is -0.930. The maximum absolute atomic E-state index is 4.35. The molecular formula is C16H25N3. The molecule has 1 aliphatic carbocycles. The fourth-order valence-corrected chi connectivity index (χ4v) is 3.36. The van der Waals surface area contributed by atoms with Crippen LogP contribution in [-0.4, -0.2) is 36.1 Å². The number of nitrogens with zero attached hydrogens (tertiary/aromatic N) is 2. The van der Waals surface area contributed by atoms with Crippen LogP contribution < -0.4 is 5.32 Å². The molecule has 2 aliphatic rings. The van der Waals surface area contributed by atoms with Gasteiger partial charge in [-0.1, -0.05) is 0 Å². The van der Waals surface area contributed by atoms with Crippen molar-refractivity contribution in [2.45, 2.75) is 44.7 Å². The summed E-state index contributed by atoms with van der Waals surface area (Å²) in [7, 11) is 2.26. The molecule has 1 saturated heterocycles. The van der Waals surface area contributed by atoms with Gasteiger partial charge in [0.05, 0.1) is 0 Å². The first-order valence-electron chi connectivity index (χ1n) is 7.60. The van der Waals surface area contributed by atoms with Crippen molar-refractivity contribution >= 4 is 0 Å². The van der Waals surface area contributed by atoms with Gasteiger partial charge >= 0.3 is 0 Å². The van der Waals surface area contributed by atoms with Gasteiger partial charge in [-0.2, -0.15) is 0 Å². The fraction of sp³-hybridized carbons (Fsp3) is 0.688. The van der Waals surface area contributed by atoms with Crippen molar-refractivity contribution in [1.82, 2.24) is 15.2 Å². The zero-order valence-corrected chi connectivity index (χ0v) is 12.1. The topological polar surface area (TPSA) is 28.2 Å². The molecule has 3 rings (SSSR count). The molecule has 1 aliphatic heterocycles. The minimum atomic E-state index is 0.536. The van der Waals surface area contributed by atoms with Crippen LogP contribution in [0.15, 0.2) is 18.5 Å². The smallest absolute Gasteiger partial charge is 0.0403 e. The van der Waals surface area contributed by atoms with E-state index in [0.717, 1.165) is 18.5 Å². The van der Waals surface area contributed by atoms with E-state index in [0.29, 0.717) is 6.04 Å². The van der Waals surface area contributed by atoms with E-state index in [1.165, 1.54) is 43.4 Å². The van der Waals surface area contributed by atoms with E-state index in [4.69, 9.17) is 0 Å². The third-order valence-corrected chi connectivity index (χ3v) is 4.65. The molecule has 19 heavy (non-hydrogen) atoms. The normalized spacial score (nSPS) is 28.5. The van der Waals surface area contributed by atoms with Gasteiger partial charge in [0.25, 0.3) is 0 Å². The van der Waals surface area contributed by atoms with Crippen molar-refractivity contribution in [2.24, 2.45) is 5.92 Å². The summed E-state index contributed by atoms with van der Waals surface area (Å²) in [4.78, 5) is 6.87. The zero-order chi connectivity index (χ0) is 13.2. The lowest BCUT2D eigenvalue weighted by Crippen LogP contribution is -2.41. The van der Waals surface area contributed by atoms with Gasteiger partial charge in [-0.3, -0.25) is 9.88 Å². The largest absolute Gasteiger partial charge is 0.314 e. The standard InChI is InChI=1S/C16H25N3/c1-12-7-8-17-11-15(12)16-13(4-3-9-19(16)2)10-18-14-5-6-14/h7-8,11,13-14,16,18H,3-6,9-10H2,1-2H3. The number of hydrogen-bond acceptors (Lipinski definition) is 3. The summed E-state index contributed by atoms with van der Waals surface area (Å²) >= 11 is 0. The molecular weight excluding hydrogens is 234 g/mol. The molecule has 1 N–H and O–H groups in total. The van der Waals surface area contributed by atoms with E-state index in [1.807, 2.05) is 6.20 Å². The first kappa shape index (κ1) is 13.1. The van der Waals surface area contributed by atoms with Gasteiger partial charge < -0.3 is 5.32 Å². The monoisotopic (exact) mass is 259 g/mol. The summed E-state index contributed by atoms with van der Waals surface area (Å²) in [6.45, 7) is 4.58. The van der Waals surface area contributed by atoms with Crippen LogP contribution >= 0.6 is 0 Å². The summed E-state index contributed by atoms with van der Waals surface area (Å²) in [5.74, 6) is 0.724. The van der Waals surface area contributed by atoms with Gasteiger partial charge in [0.1, 0.15) is 0 Å². The highest BCUT2D eigenvalue weighted by atomic mass is 15.1. The molecule has 0 amide bonds. The Bertz CT molecular complexity index is 428. The van der Waals surface area contributed by atoms with Crippen molar-refractivity contribution in [2.75, 3.05) is 20.1 Å². The Labute approximate surface area is 116 Å². The Kier molecular flexibility index (Phi) is 3.85. The second-order valence-electron chi connectivity index (χ2n) is 6.24. The average molecular weight is 259 g/mol. The molecule has 1 aromatic rings. The first-order chi connectivity index (χ1) is 9.25. The Balaban J connectivity index is 1.78. The minimum absolute atomic E-state index is 0.536. The highest BCUT2D eigenvalue weighted by molar-refractivity contribution is 5.26. The van der Waals surface area contributed by atoms with Gasteiger partial charge in [0.15, 0.2) is 0 Å². The van der Waals surface area contributed by atoms with E-state index in [2.05, 4.69) is 41.4 Å². The Morgan fingerprint density at radius 1 is 1.37 bits per heavy atom. The molecule has 0 spiro atoms. The van der Waals surface area contributed by atoms with Crippen LogP contribution in [0.3, 0.4) is 0 Å². The average Bonchev–Trinajstić information content (AvgIpc) is 3.22. The summed E-state index contributed by atoms with van der Waals surface area (Å²) in [5.41, 5.74) is 2.80. The quantitative estimate of drug-likeness (QED) is 0.900. The second kappa shape index (κ2) is 5.59. The molecule has 104 valence electrons. The summed E-state index contributed by atoms with van der Waals surface area (Å²) in [6.07, 6.45) is 9.38. The predicted octanol–water partition coefficient (Wildman–Crippen LogP) is 2.52. The van der Waals surface area contributed by atoms with Crippen LogP contribution in [0.5, 0.6) is 0 Å². The lowest BCUT2D eigenvalue weighted by molar-refractivity contribution is 0.118. The molecule has 2 atom stereocenters. The molecule has 2 fully saturated rings. The van der Waals surface area contributed by atoms with Crippen LogP contribution in [-0.2, 0) is 0 Å². The molecule has 2 unspecified atom stereocenters. The molecule has 0 radical (unpaired) electrons. The Morgan fingerprint density at radius 2 is 2.21 bits per heavy atom. The van der Waals surface area contributed by atoms with Crippen LogP contribution in [0.4, 0.5) is 0 Å². The molecule has 0 aromatic carbocycles. The number of nitrogens with one attached hydrogen (secondary N) is 1. The maximum Gasteiger partial charge on any atom is 0.0403 e. The number of aromatic nitrogens is 1. The number of hydrogen-bond donors (Lipinski definition) is 1. The number of rotatable bonds is 4. The van der Waals surface area contributed by atoms with E-state index in [1.54, 1.807) is 0 Å². The van der Waals surface area contributed by atoms with Crippen LogP contribution in [0.2, 0.25) is 0 Å². The summed E-state index contributed by atoms with van der Waals surface area (Å²) < 4.78 is 0. The lowest BCUT2D eigenvalue weighted by atomic mass is 9.84. The van der Waals surface area contributed by atoms with Crippen molar-refractivity contribution < 1.29 is 0 Å². The van der Waals surface area contributed by atoms with E-state index >= 15 is 0 Å². The highest BCUT2D eigenvalue weighted by Crippen LogP contribution is 2.36. The van der Waals surface area contributed by atoms with Crippen LogP contribution in [0.1, 0.15) is 42.9 Å². The molecule has 2 heterocycles. The number of aryl methyl sites for hydroxylation is 1. The SMILES string of the molecule is Cc1ccncc1C1C(CNC2CC2)CCCN1C. The number of piperidine rings is 1. The summed E-state index contributed by atoms with van der Waals surface area (Å²) in [5, 5.41) is 3.72. The Morgan fingerprint density at radius 3 is 2.95 bits per heavy atom. The fourth-order valence-electron chi connectivity index (χ4n) is 3.36. The molecule has 3 heteroatoms. The second-order valence-corrected chi connectivity index (χ2v) is 6.24. The third kappa shape index (κ3) is 2.98. The van der Waals surface area contributed by atoms with Gasteiger partial charge in [-0.05, 0) is 69.3 Å². The zero-order valence-electron chi connectivity index (χ0n) is 12.1. The van der Waals surface area contributed by atoms with Crippen molar-refractivity contribution in [1.29, 1.82) is 0 Å². The van der Waals surface area contributed by atoms with Crippen LogP contribution in [0.25, 0.3) is 0 Å². The number of pyridine rings is 1. The molecule has 3 nitrogen and oxygen atoms in total. The maximum atomic E-state index is 4.35. The molecule has 1 aromatic heterocycles. The molecule has 0 bridgehead atoms. The van der Waals surface area contributed by atoms with Crippen molar-refractivity contribution in [3.63, 3.8) is 0 Å². The lowest BCUT2D eigenvalue weighted by Gasteiger charge is -2.40. The van der Waals surface area contributed by atoms with Gasteiger partial charge in [-0.25, -0.2) is 0 Å². The van der Waals surface area contributed by atoms with E-state index in [-0.39, 0.29) is 0 Å². The van der Waals surface area contributed by atoms with Gasteiger partial charge in [0.2, 0.25) is 0 Å². The molecule has 1 saturated carbocycles. The van der Waals surface area contributed by atoms with E-state index < -0.39 is 0 Å². The third-order valence-electron chi connectivity index (χ3n) is 4.65. The van der Waals surface area contributed by atoms with Gasteiger partial charge in [-0.15, -0.1) is 0 Å². The van der Waals surface area contributed by atoms with Gasteiger partial charge in [0, 0.05) is 31.0 Å². The van der Waals surface area contributed by atoms with Crippen molar-refractivity contribution in [3.8, 4) is 0 Å².